The van der Waals surface area contributed by atoms with E-state index in [1.54, 1.807) is 0 Å². The summed E-state index contributed by atoms with van der Waals surface area (Å²) >= 11 is 0. The number of nitrogens with zero attached hydrogens (tertiary/aromatic N) is 1. The molecule has 1 aromatic rings. The topological polar surface area (TPSA) is 12.9 Å². The molecule has 2 atom stereocenters. The molecule has 0 amide bonds. The molecule has 0 unspecified atom stereocenters. The molecule has 1 aromatic heterocycles. The van der Waals surface area contributed by atoms with Crippen molar-refractivity contribution in [3.05, 3.63) is 30.1 Å². The van der Waals surface area contributed by atoms with Gasteiger partial charge in [-0.15, -0.1) is 7.92 Å². The Bertz CT molecular complexity index is 260. The van der Waals surface area contributed by atoms with Gasteiger partial charge in [0.05, 0.1) is 0 Å². The maximum absolute atomic E-state index is 4.39. The van der Waals surface area contributed by atoms with Crippen LogP contribution in [-0.4, -0.2) is 23.5 Å². The number of pyridine rings is 1. The second kappa shape index (κ2) is 4.19. The van der Waals surface area contributed by atoms with E-state index in [2.05, 4.69) is 23.8 Å². The highest BCUT2D eigenvalue weighted by molar-refractivity contribution is 7.57. The lowest BCUT2D eigenvalue weighted by Gasteiger charge is -2.14. The zero-order chi connectivity index (χ0) is 9.10. The van der Waals surface area contributed by atoms with Gasteiger partial charge in [-0.25, -0.2) is 0 Å². The van der Waals surface area contributed by atoms with E-state index in [0.717, 1.165) is 5.66 Å². The van der Waals surface area contributed by atoms with Crippen LogP contribution in [0.4, 0.5) is 0 Å². The van der Waals surface area contributed by atoms with Crippen molar-refractivity contribution in [2.45, 2.75) is 24.9 Å². The number of aromatic nitrogens is 1. The van der Waals surface area contributed by atoms with Crippen LogP contribution in [0.1, 0.15) is 18.5 Å². The van der Waals surface area contributed by atoms with Crippen molar-refractivity contribution in [1.82, 2.24) is 4.98 Å². The van der Waals surface area contributed by atoms with E-state index in [9.17, 15) is 0 Å². The van der Waals surface area contributed by atoms with Crippen molar-refractivity contribution in [3.8, 4) is 0 Å². The highest BCUT2D eigenvalue weighted by atomic mass is 31.1. The van der Waals surface area contributed by atoms with Crippen LogP contribution in [0.5, 0.6) is 0 Å². The molecule has 1 nitrogen and oxygen atoms in total. The Morgan fingerprint density at radius 3 is 3.08 bits per heavy atom. The van der Waals surface area contributed by atoms with Crippen molar-refractivity contribution in [1.29, 1.82) is 0 Å². The zero-order valence-corrected chi connectivity index (χ0v) is 9.00. The lowest BCUT2D eigenvalue weighted by Crippen LogP contribution is -2.05. The lowest BCUT2D eigenvalue weighted by atomic mass is 10.1. The van der Waals surface area contributed by atoms with E-state index in [1.807, 2.05) is 12.3 Å². The van der Waals surface area contributed by atoms with Crippen molar-refractivity contribution in [2.75, 3.05) is 12.8 Å². The SMILES string of the molecule is C[P@]1CCC[C@@H]1Cc1ccccn1. The first-order valence-electron chi connectivity index (χ1n) is 4.96. The standard InChI is InChI=1S/C11H16NP/c1-13-8-4-6-11(13)9-10-5-2-3-7-12-10/h2-3,5,7,11H,4,6,8-9H2,1H3/t11-,13-/m1/s1. The Labute approximate surface area is 81.3 Å². The summed E-state index contributed by atoms with van der Waals surface area (Å²) in [6.45, 7) is 2.44. The molecular formula is C11H16NP. The Balaban J connectivity index is 1.98. The van der Waals surface area contributed by atoms with Gasteiger partial charge in [0.25, 0.3) is 0 Å². The summed E-state index contributed by atoms with van der Waals surface area (Å²) in [6.07, 6.45) is 7.47. The highest BCUT2D eigenvalue weighted by Crippen LogP contribution is 2.47. The van der Waals surface area contributed by atoms with Gasteiger partial charge in [-0.05, 0) is 49.9 Å². The fourth-order valence-corrected chi connectivity index (χ4v) is 4.17. The van der Waals surface area contributed by atoms with Gasteiger partial charge in [0.1, 0.15) is 0 Å². The minimum absolute atomic E-state index is 0.308. The molecule has 1 fully saturated rings. The van der Waals surface area contributed by atoms with Crippen molar-refractivity contribution in [3.63, 3.8) is 0 Å². The number of rotatable bonds is 2. The van der Waals surface area contributed by atoms with Crippen LogP contribution in [0.15, 0.2) is 24.4 Å². The maximum Gasteiger partial charge on any atom is 0.0409 e. The monoisotopic (exact) mass is 193 g/mol. The summed E-state index contributed by atoms with van der Waals surface area (Å²) < 4.78 is 0. The minimum atomic E-state index is 0.308. The van der Waals surface area contributed by atoms with E-state index in [1.165, 1.54) is 31.1 Å². The molecule has 13 heavy (non-hydrogen) atoms. The third kappa shape index (κ3) is 2.28. The predicted octanol–water partition coefficient (Wildman–Crippen LogP) is 2.90. The van der Waals surface area contributed by atoms with Crippen LogP contribution in [0, 0.1) is 0 Å². The van der Waals surface area contributed by atoms with Crippen LogP contribution in [-0.2, 0) is 6.42 Å². The molecule has 0 saturated carbocycles. The summed E-state index contributed by atoms with van der Waals surface area (Å²) in [5.41, 5.74) is 2.23. The van der Waals surface area contributed by atoms with Crippen molar-refractivity contribution < 1.29 is 0 Å². The van der Waals surface area contributed by atoms with Gasteiger partial charge in [0.15, 0.2) is 0 Å². The van der Waals surface area contributed by atoms with Gasteiger partial charge in [0, 0.05) is 11.9 Å². The van der Waals surface area contributed by atoms with E-state index >= 15 is 0 Å². The summed E-state index contributed by atoms with van der Waals surface area (Å²) in [5, 5.41) is 0. The van der Waals surface area contributed by atoms with E-state index in [4.69, 9.17) is 0 Å². The van der Waals surface area contributed by atoms with Gasteiger partial charge < -0.3 is 0 Å². The lowest BCUT2D eigenvalue weighted by molar-refractivity contribution is 0.760. The summed E-state index contributed by atoms with van der Waals surface area (Å²) in [7, 11) is 0.308. The average molecular weight is 193 g/mol. The van der Waals surface area contributed by atoms with Crippen molar-refractivity contribution >= 4 is 7.92 Å². The van der Waals surface area contributed by atoms with Gasteiger partial charge in [-0.3, -0.25) is 4.98 Å². The average Bonchev–Trinajstić information content (AvgIpc) is 2.54. The molecular weight excluding hydrogens is 177 g/mol. The molecule has 1 aliphatic rings. The molecule has 70 valence electrons. The Hall–Kier alpha value is -0.420. The molecule has 0 aromatic carbocycles. The minimum Gasteiger partial charge on any atom is -0.261 e. The van der Waals surface area contributed by atoms with Gasteiger partial charge in [-0.2, -0.15) is 0 Å². The van der Waals surface area contributed by atoms with Gasteiger partial charge in [0.2, 0.25) is 0 Å². The highest BCUT2D eigenvalue weighted by Gasteiger charge is 2.22. The smallest absolute Gasteiger partial charge is 0.0409 e. The second-order valence-corrected chi connectivity index (χ2v) is 6.49. The fourth-order valence-electron chi connectivity index (χ4n) is 2.00. The quantitative estimate of drug-likeness (QED) is 0.658. The molecule has 1 saturated heterocycles. The predicted molar refractivity (Wildman–Crippen MR) is 58.7 cm³/mol. The second-order valence-electron chi connectivity index (χ2n) is 3.80. The zero-order valence-electron chi connectivity index (χ0n) is 8.11. The molecule has 0 spiro atoms. The summed E-state index contributed by atoms with van der Waals surface area (Å²) in [6, 6.07) is 6.24. The summed E-state index contributed by atoms with van der Waals surface area (Å²) in [5.74, 6) is 0. The number of hydrogen-bond donors (Lipinski definition) is 0. The normalized spacial score (nSPS) is 27.8. The molecule has 2 heteroatoms. The van der Waals surface area contributed by atoms with Crippen LogP contribution in [0.2, 0.25) is 0 Å². The first-order valence-corrected chi connectivity index (χ1v) is 7.01. The molecule has 1 aliphatic heterocycles. The third-order valence-electron chi connectivity index (χ3n) is 2.84. The molecule has 2 rings (SSSR count). The largest absolute Gasteiger partial charge is 0.261 e. The van der Waals surface area contributed by atoms with Crippen LogP contribution < -0.4 is 0 Å². The summed E-state index contributed by atoms with van der Waals surface area (Å²) in [4.78, 5) is 4.39. The molecule has 2 heterocycles. The van der Waals surface area contributed by atoms with Crippen molar-refractivity contribution in [2.24, 2.45) is 0 Å². The van der Waals surface area contributed by atoms with E-state index in [-0.39, 0.29) is 0 Å². The first kappa shape index (κ1) is 9.15. The molecule has 0 radical (unpaired) electrons. The maximum atomic E-state index is 4.39. The Kier molecular flexibility index (Phi) is 2.95. The van der Waals surface area contributed by atoms with Crippen LogP contribution in [0.25, 0.3) is 0 Å². The van der Waals surface area contributed by atoms with Crippen LogP contribution >= 0.6 is 7.92 Å². The van der Waals surface area contributed by atoms with Gasteiger partial charge in [-0.1, -0.05) is 6.07 Å². The third-order valence-corrected chi connectivity index (χ3v) is 5.55. The number of hydrogen-bond acceptors (Lipinski definition) is 1. The Morgan fingerprint density at radius 1 is 1.54 bits per heavy atom. The molecule has 0 aliphatic carbocycles. The fraction of sp³-hybridized carbons (Fsp3) is 0.545. The molecule has 0 bridgehead atoms. The van der Waals surface area contributed by atoms with E-state index in [0.29, 0.717) is 7.92 Å². The van der Waals surface area contributed by atoms with Gasteiger partial charge >= 0.3 is 0 Å². The Morgan fingerprint density at radius 2 is 2.46 bits per heavy atom. The van der Waals surface area contributed by atoms with E-state index < -0.39 is 0 Å². The first-order chi connectivity index (χ1) is 6.36. The molecule has 0 N–H and O–H groups in total. The van der Waals surface area contributed by atoms with Crippen LogP contribution in [0.3, 0.4) is 0 Å².